The first-order valence-corrected chi connectivity index (χ1v) is 6.43. The Hall–Kier alpha value is -1.82. The van der Waals surface area contributed by atoms with E-state index in [1.165, 1.54) is 18.2 Å². The van der Waals surface area contributed by atoms with Gasteiger partial charge in [0.25, 0.3) is 0 Å². The summed E-state index contributed by atoms with van der Waals surface area (Å²) in [6, 6.07) is 3.64. The number of carboxylic acids is 1. The van der Waals surface area contributed by atoms with Crippen molar-refractivity contribution in [3.63, 3.8) is 0 Å². The lowest BCUT2D eigenvalue weighted by molar-refractivity contribution is -0.136. The predicted molar refractivity (Wildman–Crippen MR) is 68.2 cm³/mol. The van der Waals surface area contributed by atoms with Gasteiger partial charge in [0.1, 0.15) is 16.6 Å². The number of thiazole rings is 1. The maximum Gasteiger partial charge on any atom is 0.303 e. The third kappa shape index (κ3) is 2.96. The summed E-state index contributed by atoms with van der Waals surface area (Å²) in [7, 11) is 0. The van der Waals surface area contributed by atoms with Crippen LogP contribution >= 0.6 is 11.3 Å². The minimum atomic E-state index is -0.911. The van der Waals surface area contributed by atoms with Crippen LogP contribution < -0.4 is 0 Å². The van der Waals surface area contributed by atoms with Crippen molar-refractivity contribution in [2.75, 3.05) is 0 Å². The number of nitrogens with zero attached hydrogens (tertiary/aromatic N) is 1. The normalized spacial score (nSPS) is 10.7. The molecule has 1 heterocycles. The molecule has 0 aliphatic carbocycles. The van der Waals surface area contributed by atoms with Crippen LogP contribution in [0, 0.1) is 18.6 Å². The Labute approximate surface area is 112 Å². The molecule has 0 amide bonds. The highest BCUT2D eigenvalue weighted by molar-refractivity contribution is 7.15. The summed E-state index contributed by atoms with van der Waals surface area (Å²) in [5.74, 6) is -2.25. The Morgan fingerprint density at radius 2 is 2.00 bits per heavy atom. The molecule has 0 atom stereocenters. The number of aromatic nitrogens is 1. The number of carboxylic acid groups (broad SMARTS) is 1. The SMILES string of the molecule is Cc1nc(-c2c(F)cccc2F)sc1CCC(=O)O. The van der Waals surface area contributed by atoms with E-state index >= 15 is 0 Å². The summed E-state index contributed by atoms with van der Waals surface area (Å²) in [5, 5.41) is 8.89. The van der Waals surface area contributed by atoms with E-state index in [1.807, 2.05) is 0 Å². The van der Waals surface area contributed by atoms with Crippen molar-refractivity contribution in [2.24, 2.45) is 0 Å². The summed E-state index contributed by atoms with van der Waals surface area (Å²) in [5.41, 5.74) is 0.459. The molecule has 1 aromatic carbocycles. The molecule has 0 aliphatic heterocycles. The topological polar surface area (TPSA) is 50.2 Å². The zero-order valence-electron chi connectivity index (χ0n) is 10.1. The van der Waals surface area contributed by atoms with E-state index in [9.17, 15) is 13.6 Å². The number of aryl methyl sites for hydroxylation is 2. The molecular formula is C13H11F2NO2S. The van der Waals surface area contributed by atoms with E-state index in [0.717, 1.165) is 16.2 Å². The first kappa shape index (κ1) is 13.6. The lowest BCUT2D eigenvalue weighted by atomic mass is 10.2. The second kappa shape index (κ2) is 5.44. The fraction of sp³-hybridized carbons (Fsp3) is 0.231. The molecule has 1 N–H and O–H groups in total. The van der Waals surface area contributed by atoms with Gasteiger partial charge in [-0.1, -0.05) is 6.07 Å². The molecule has 0 saturated heterocycles. The van der Waals surface area contributed by atoms with Gasteiger partial charge in [-0.25, -0.2) is 13.8 Å². The van der Waals surface area contributed by atoms with E-state index in [-0.39, 0.29) is 17.0 Å². The molecular weight excluding hydrogens is 272 g/mol. The van der Waals surface area contributed by atoms with Crippen LogP contribution in [0.15, 0.2) is 18.2 Å². The van der Waals surface area contributed by atoms with Gasteiger partial charge < -0.3 is 5.11 Å². The molecule has 0 spiro atoms. The van der Waals surface area contributed by atoms with E-state index in [4.69, 9.17) is 5.11 Å². The fourth-order valence-electron chi connectivity index (χ4n) is 1.69. The lowest BCUT2D eigenvalue weighted by Gasteiger charge is -1.99. The smallest absolute Gasteiger partial charge is 0.303 e. The average Bonchev–Trinajstić information content (AvgIpc) is 2.67. The predicted octanol–water partition coefficient (Wildman–Crippen LogP) is 3.41. The standard InChI is InChI=1S/C13H11F2NO2S/c1-7-10(5-6-11(17)18)19-13(16-7)12-8(14)3-2-4-9(12)15/h2-4H,5-6H2,1H3,(H,17,18). The monoisotopic (exact) mass is 283 g/mol. The number of aliphatic carboxylic acids is 1. The minimum Gasteiger partial charge on any atom is -0.481 e. The quantitative estimate of drug-likeness (QED) is 0.935. The first-order valence-electron chi connectivity index (χ1n) is 5.61. The number of carbonyl (C=O) groups is 1. The summed E-state index contributed by atoms with van der Waals surface area (Å²) in [6.07, 6.45) is 0.289. The summed E-state index contributed by atoms with van der Waals surface area (Å²) in [6.45, 7) is 1.70. The van der Waals surface area contributed by atoms with Crippen molar-refractivity contribution >= 4 is 17.3 Å². The molecule has 19 heavy (non-hydrogen) atoms. The fourth-order valence-corrected chi connectivity index (χ4v) is 2.80. The van der Waals surface area contributed by atoms with Crippen molar-refractivity contribution in [2.45, 2.75) is 19.8 Å². The van der Waals surface area contributed by atoms with E-state index in [0.29, 0.717) is 12.1 Å². The van der Waals surface area contributed by atoms with Crippen LogP contribution in [-0.2, 0) is 11.2 Å². The van der Waals surface area contributed by atoms with Crippen molar-refractivity contribution in [1.82, 2.24) is 4.98 Å². The molecule has 0 aliphatic rings. The van der Waals surface area contributed by atoms with Crippen molar-refractivity contribution in [1.29, 1.82) is 0 Å². The molecule has 6 heteroatoms. The second-order valence-electron chi connectivity index (χ2n) is 4.02. The molecule has 0 unspecified atom stereocenters. The van der Waals surface area contributed by atoms with Gasteiger partial charge in [-0.05, 0) is 25.5 Å². The molecule has 0 saturated carbocycles. The van der Waals surface area contributed by atoms with Crippen molar-refractivity contribution in [3.05, 3.63) is 40.4 Å². The molecule has 0 fully saturated rings. The average molecular weight is 283 g/mol. The van der Waals surface area contributed by atoms with Crippen LogP contribution in [0.2, 0.25) is 0 Å². The molecule has 1 aromatic heterocycles. The molecule has 2 rings (SSSR count). The molecule has 0 bridgehead atoms. The highest BCUT2D eigenvalue weighted by atomic mass is 32.1. The Morgan fingerprint density at radius 1 is 1.37 bits per heavy atom. The van der Waals surface area contributed by atoms with Gasteiger partial charge in [-0.15, -0.1) is 11.3 Å². The van der Waals surface area contributed by atoms with Gasteiger partial charge in [0.15, 0.2) is 0 Å². The molecule has 3 nitrogen and oxygen atoms in total. The van der Waals surface area contributed by atoms with E-state index in [1.54, 1.807) is 6.92 Å². The van der Waals surface area contributed by atoms with Gasteiger partial charge >= 0.3 is 5.97 Å². The Balaban J connectivity index is 2.36. The summed E-state index contributed by atoms with van der Waals surface area (Å²) >= 11 is 1.13. The molecule has 100 valence electrons. The maximum absolute atomic E-state index is 13.6. The van der Waals surface area contributed by atoms with Gasteiger partial charge in [0.2, 0.25) is 0 Å². The molecule has 2 aromatic rings. The number of hydrogen-bond acceptors (Lipinski definition) is 3. The van der Waals surface area contributed by atoms with Crippen LogP contribution in [0.3, 0.4) is 0 Å². The number of rotatable bonds is 4. The highest BCUT2D eigenvalue weighted by Crippen LogP contribution is 2.32. The lowest BCUT2D eigenvalue weighted by Crippen LogP contribution is -1.96. The largest absolute Gasteiger partial charge is 0.481 e. The number of halogens is 2. The van der Waals surface area contributed by atoms with Gasteiger partial charge in [0.05, 0.1) is 17.7 Å². The Kier molecular flexibility index (Phi) is 3.90. The first-order chi connectivity index (χ1) is 8.99. The van der Waals surface area contributed by atoms with Crippen LogP contribution in [0.1, 0.15) is 17.0 Å². The Morgan fingerprint density at radius 3 is 2.58 bits per heavy atom. The van der Waals surface area contributed by atoms with Gasteiger partial charge in [0, 0.05) is 4.88 Å². The summed E-state index contributed by atoms with van der Waals surface area (Å²) < 4.78 is 27.2. The van der Waals surface area contributed by atoms with E-state index < -0.39 is 17.6 Å². The molecule has 0 radical (unpaired) electrons. The third-order valence-corrected chi connectivity index (χ3v) is 3.87. The third-order valence-electron chi connectivity index (χ3n) is 2.64. The summed E-state index contributed by atoms with van der Waals surface area (Å²) in [4.78, 5) is 15.4. The number of hydrogen-bond donors (Lipinski definition) is 1. The van der Waals surface area contributed by atoms with Gasteiger partial charge in [-0.2, -0.15) is 0 Å². The van der Waals surface area contributed by atoms with Crippen LogP contribution in [0.4, 0.5) is 8.78 Å². The zero-order valence-corrected chi connectivity index (χ0v) is 10.9. The van der Waals surface area contributed by atoms with Gasteiger partial charge in [-0.3, -0.25) is 4.79 Å². The van der Waals surface area contributed by atoms with E-state index in [2.05, 4.69) is 4.98 Å². The Bertz CT molecular complexity index is 605. The highest BCUT2D eigenvalue weighted by Gasteiger charge is 2.17. The van der Waals surface area contributed by atoms with Crippen LogP contribution in [0.25, 0.3) is 10.6 Å². The van der Waals surface area contributed by atoms with Crippen LogP contribution in [0.5, 0.6) is 0 Å². The van der Waals surface area contributed by atoms with Crippen molar-refractivity contribution in [3.8, 4) is 10.6 Å². The minimum absolute atomic E-state index is 0.0256. The zero-order chi connectivity index (χ0) is 14.0. The number of benzene rings is 1. The van der Waals surface area contributed by atoms with Crippen LogP contribution in [-0.4, -0.2) is 16.1 Å². The van der Waals surface area contributed by atoms with Crippen molar-refractivity contribution < 1.29 is 18.7 Å². The maximum atomic E-state index is 13.6. The second-order valence-corrected chi connectivity index (χ2v) is 5.10.